The Balaban J connectivity index is 2.71. The lowest BCUT2D eigenvalue weighted by molar-refractivity contribution is 0.0938. The number of methoxy groups -OCH3 is 1. The first-order chi connectivity index (χ1) is 10.1. The second kappa shape index (κ2) is 9.40. The van der Waals surface area contributed by atoms with Crippen LogP contribution in [0.2, 0.25) is 0 Å². The highest BCUT2D eigenvalue weighted by Gasteiger charge is 2.10. The zero-order valence-electron chi connectivity index (χ0n) is 13.6. The van der Waals surface area contributed by atoms with Gasteiger partial charge in [0.2, 0.25) is 0 Å². The molecule has 4 heteroatoms. The quantitative estimate of drug-likeness (QED) is 0.710. The number of carbonyl (C=O) groups excluding carboxylic acids is 1. The van der Waals surface area contributed by atoms with E-state index in [0.29, 0.717) is 31.2 Å². The molecule has 21 heavy (non-hydrogen) atoms. The molecular formula is C17H27NO3. The summed E-state index contributed by atoms with van der Waals surface area (Å²) < 4.78 is 11.0. The van der Waals surface area contributed by atoms with Gasteiger partial charge in [-0.1, -0.05) is 27.2 Å². The third kappa shape index (κ3) is 6.17. The maximum absolute atomic E-state index is 12.1. The van der Waals surface area contributed by atoms with Crippen molar-refractivity contribution in [3.8, 4) is 5.75 Å². The van der Waals surface area contributed by atoms with Crippen LogP contribution in [0.5, 0.6) is 5.75 Å². The summed E-state index contributed by atoms with van der Waals surface area (Å²) >= 11 is 0. The van der Waals surface area contributed by atoms with Gasteiger partial charge in [-0.05, 0) is 30.5 Å². The molecule has 0 heterocycles. The summed E-state index contributed by atoms with van der Waals surface area (Å²) in [5, 5.41) is 2.92. The molecule has 0 spiro atoms. The summed E-state index contributed by atoms with van der Waals surface area (Å²) in [4.78, 5) is 12.1. The van der Waals surface area contributed by atoms with Crippen LogP contribution in [0.3, 0.4) is 0 Å². The second-order valence-electron chi connectivity index (χ2n) is 5.55. The summed E-state index contributed by atoms with van der Waals surface area (Å²) in [5.74, 6) is 1.19. The summed E-state index contributed by atoms with van der Waals surface area (Å²) in [5.41, 5.74) is 1.55. The Hall–Kier alpha value is -1.55. The molecule has 0 aromatic heterocycles. The Kier molecular flexibility index (Phi) is 7.83. The number of unbranched alkanes of at least 4 members (excludes halogenated alkanes) is 1. The molecule has 0 aliphatic heterocycles. The number of hydrogen-bond acceptors (Lipinski definition) is 3. The van der Waals surface area contributed by atoms with Crippen LogP contribution in [0.25, 0.3) is 0 Å². The fourth-order valence-electron chi connectivity index (χ4n) is 1.92. The Morgan fingerprint density at radius 3 is 2.71 bits per heavy atom. The zero-order valence-corrected chi connectivity index (χ0v) is 13.6. The third-order valence-corrected chi connectivity index (χ3v) is 3.07. The predicted molar refractivity (Wildman–Crippen MR) is 84.7 cm³/mol. The molecule has 0 saturated carbocycles. The fraction of sp³-hybridized carbons (Fsp3) is 0.588. The number of benzene rings is 1. The number of nitrogens with one attached hydrogen (secondary N) is 1. The van der Waals surface area contributed by atoms with E-state index in [9.17, 15) is 4.79 Å². The minimum atomic E-state index is -0.0452. The lowest BCUT2D eigenvalue weighted by Crippen LogP contribution is -2.24. The Bertz CT molecular complexity index is 444. The van der Waals surface area contributed by atoms with Gasteiger partial charge in [-0.2, -0.15) is 0 Å². The molecule has 0 saturated heterocycles. The van der Waals surface area contributed by atoms with Crippen LogP contribution in [0.15, 0.2) is 18.2 Å². The van der Waals surface area contributed by atoms with E-state index in [0.717, 1.165) is 24.2 Å². The average Bonchev–Trinajstić information content (AvgIpc) is 2.47. The van der Waals surface area contributed by atoms with Gasteiger partial charge in [0.25, 0.3) is 5.91 Å². The largest absolute Gasteiger partial charge is 0.496 e. The fourth-order valence-corrected chi connectivity index (χ4v) is 1.92. The van der Waals surface area contributed by atoms with Crippen LogP contribution in [0, 0.1) is 5.92 Å². The van der Waals surface area contributed by atoms with Crippen molar-refractivity contribution < 1.29 is 14.3 Å². The van der Waals surface area contributed by atoms with Crippen LogP contribution in [-0.4, -0.2) is 26.2 Å². The summed E-state index contributed by atoms with van der Waals surface area (Å²) in [6.07, 6.45) is 2.06. The molecular weight excluding hydrogens is 266 g/mol. The van der Waals surface area contributed by atoms with Gasteiger partial charge in [-0.25, -0.2) is 0 Å². The summed E-state index contributed by atoms with van der Waals surface area (Å²) in [7, 11) is 1.63. The highest BCUT2D eigenvalue weighted by Crippen LogP contribution is 2.21. The molecule has 1 amide bonds. The highest BCUT2D eigenvalue weighted by molar-refractivity contribution is 5.94. The topological polar surface area (TPSA) is 47.6 Å². The first-order valence-electron chi connectivity index (χ1n) is 7.61. The molecule has 1 aromatic carbocycles. The standard InChI is InChI=1S/C17H27NO3/c1-5-6-9-18-17(19)14-7-8-16(20-4)15(10-14)12-21-11-13(2)3/h7-8,10,13H,5-6,9,11-12H2,1-4H3,(H,18,19). The highest BCUT2D eigenvalue weighted by atomic mass is 16.5. The van der Waals surface area contributed by atoms with E-state index >= 15 is 0 Å². The van der Waals surface area contributed by atoms with Crippen molar-refractivity contribution in [1.29, 1.82) is 0 Å². The number of hydrogen-bond donors (Lipinski definition) is 1. The third-order valence-electron chi connectivity index (χ3n) is 3.07. The maximum atomic E-state index is 12.1. The number of carbonyl (C=O) groups is 1. The van der Waals surface area contributed by atoms with Gasteiger partial charge in [-0.15, -0.1) is 0 Å². The molecule has 118 valence electrons. The summed E-state index contributed by atoms with van der Waals surface area (Å²) in [6, 6.07) is 5.45. The molecule has 0 radical (unpaired) electrons. The monoisotopic (exact) mass is 293 g/mol. The lowest BCUT2D eigenvalue weighted by Gasteiger charge is -2.12. The molecule has 0 aliphatic rings. The van der Waals surface area contributed by atoms with Crippen molar-refractivity contribution in [2.24, 2.45) is 5.92 Å². The van der Waals surface area contributed by atoms with Crippen LogP contribution in [0.1, 0.15) is 49.5 Å². The Morgan fingerprint density at radius 2 is 2.10 bits per heavy atom. The van der Waals surface area contributed by atoms with Crippen molar-refractivity contribution >= 4 is 5.91 Å². The first kappa shape index (κ1) is 17.5. The normalized spacial score (nSPS) is 10.7. The van der Waals surface area contributed by atoms with Crippen molar-refractivity contribution in [2.45, 2.75) is 40.2 Å². The van der Waals surface area contributed by atoms with E-state index in [1.807, 2.05) is 12.1 Å². The van der Waals surface area contributed by atoms with E-state index < -0.39 is 0 Å². The van der Waals surface area contributed by atoms with Gasteiger partial charge in [0.15, 0.2) is 0 Å². The van der Waals surface area contributed by atoms with Crippen molar-refractivity contribution in [3.05, 3.63) is 29.3 Å². The van der Waals surface area contributed by atoms with Gasteiger partial charge in [0.05, 0.1) is 13.7 Å². The molecule has 0 bridgehead atoms. The van der Waals surface area contributed by atoms with Crippen molar-refractivity contribution in [2.75, 3.05) is 20.3 Å². The van der Waals surface area contributed by atoms with Gasteiger partial charge in [-0.3, -0.25) is 4.79 Å². The first-order valence-corrected chi connectivity index (χ1v) is 7.61. The molecule has 1 N–H and O–H groups in total. The van der Waals surface area contributed by atoms with E-state index in [-0.39, 0.29) is 5.91 Å². The lowest BCUT2D eigenvalue weighted by atomic mass is 10.1. The van der Waals surface area contributed by atoms with Crippen LogP contribution in [-0.2, 0) is 11.3 Å². The van der Waals surface area contributed by atoms with Gasteiger partial charge in [0.1, 0.15) is 5.75 Å². The smallest absolute Gasteiger partial charge is 0.251 e. The van der Waals surface area contributed by atoms with E-state index in [2.05, 4.69) is 26.1 Å². The van der Waals surface area contributed by atoms with E-state index in [4.69, 9.17) is 9.47 Å². The van der Waals surface area contributed by atoms with Crippen molar-refractivity contribution in [1.82, 2.24) is 5.32 Å². The maximum Gasteiger partial charge on any atom is 0.251 e. The minimum absolute atomic E-state index is 0.0452. The molecule has 1 rings (SSSR count). The van der Waals surface area contributed by atoms with Crippen LogP contribution >= 0.6 is 0 Å². The SMILES string of the molecule is CCCCNC(=O)c1ccc(OC)c(COCC(C)C)c1. The number of rotatable bonds is 9. The van der Waals surface area contributed by atoms with E-state index in [1.54, 1.807) is 13.2 Å². The molecule has 0 atom stereocenters. The average molecular weight is 293 g/mol. The molecule has 0 aliphatic carbocycles. The van der Waals surface area contributed by atoms with Gasteiger partial charge >= 0.3 is 0 Å². The van der Waals surface area contributed by atoms with Gasteiger partial charge in [0, 0.05) is 24.3 Å². The van der Waals surface area contributed by atoms with E-state index in [1.165, 1.54) is 0 Å². The Labute approximate surface area is 127 Å². The predicted octanol–water partition coefficient (Wildman–Crippen LogP) is 3.40. The van der Waals surface area contributed by atoms with Crippen LogP contribution in [0.4, 0.5) is 0 Å². The van der Waals surface area contributed by atoms with Crippen LogP contribution < -0.4 is 10.1 Å². The molecule has 1 aromatic rings. The van der Waals surface area contributed by atoms with Gasteiger partial charge < -0.3 is 14.8 Å². The number of amides is 1. The molecule has 0 fully saturated rings. The molecule has 0 unspecified atom stereocenters. The minimum Gasteiger partial charge on any atom is -0.496 e. The summed E-state index contributed by atoms with van der Waals surface area (Å²) in [6.45, 7) is 8.17. The zero-order chi connectivity index (χ0) is 15.7. The molecule has 4 nitrogen and oxygen atoms in total. The number of ether oxygens (including phenoxy) is 2. The second-order valence-corrected chi connectivity index (χ2v) is 5.55. The Morgan fingerprint density at radius 1 is 1.33 bits per heavy atom. The van der Waals surface area contributed by atoms with Crippen molar-refractivity contribution in [3.63, 3.8) is 0 Å².